The van der Waals surface area contributed by atoms with Gasteiger partial charge in [0.05, 0.1) is 6.10 Å². The van der Waals surface area contributed by atoms with Crippen LogP contribution in [0, 0.1) is 11.7 Å². The SMILES string of the molecule is OC1CC2(CCN3CCC2C3)Oc2ccc(F)cc21. The summed E-state index contributed by atoms with van der Waals surface area (Å²) in [6.45, 7) is 3.26. The second-order valence-electron chi connectivity index (χ2n) is 6.11. The molecule has 4 unspecified atom stereocenters. The van der Waals surface area contributed by atoms with Crippen LogP contribution in [-0.4, -0.2) is 35.2 Å². The van der Waals surface area contributed by atoms with E-state index in [-0.39, 0.29) is 11.4 Å². The van der Waals surface area contributed by atoms with Gasteiger partial charge in [0.2, 0.25) is 0 Å². The normalized spacial score (nSPS) is 40.0. The fourth-order valence-corrected chi connectivity index (χ4v) is 3.99. The molecule has 2 saturated heterocycles. The second-order valence-corrected chi connectivity index (χ2v) is 6.11. The molecule has 3 heterocycles. The summed E-state index contributed by atoms with van der Waals surface area (Å²) < 4.78 is 19.5. The van der Waals surface area contributed by atoms with E-state index in [1.54, 1.807) is 6.07 Å². The van der Waals surface area contributed by atoms with Crippen LogP contribution in [0.2, 0.25) is 0 Å². The van der Waals surface area contributed by atoms with Crippen LogP contribution >= 0.6 is 0 Å². The van der Waals surface area contributed by atoms with Crippen LogP contribution < -0.4 is 4.74 Å². The first kappa shape index (κ1) is 11.7. The van der Waals surface area contributed by atoms with Crippen molar-refractivity contribution in [3.8, 4) is 5.75 Å². The van der Waals surface area contributed by atoms with Gasteiger partial charge in [-0.2, -0.15) is 0 Å². The highest BCUT2D eigenvalue weighted by molar-refractivity contribution is 5.39. The van der Waals surface area contributed by atoms with Crippen molar-refractivity contribution in [2.24, 2.45) is 5.92 Å². The van der Waals surface area contributed by atoms with Crippen molar-refractivity contribution in [1.82, 2.24) is 4.90 Å². The summed E-state index contributed by atoms with van der Waals surface area (Å²) in [4.78, 5) is 2.46. The molecule has 3 aliphatic rings. The average Bonchev–Trinajstić information content (AvgIpc) is 2.81. The van der Waals surface area contributed by atoms with Crippen LogP contribution in [0.1, 0.15) is 30.9 Å². The monoisotopic (exact) mass is 263 g/mol. The van der Waals surface area contributed by atoms with Crippen molar-refractivity contribution in [3.05, 3.63) is 29.6 Å². The number of aliphatic hydroxyl groups is 1. The van der Waals surface area contributed by atoms with Crippen LogP contribution in [-0.2, 0) is 0 Å². The van der Waals surface area contributed by atoms with Crippen molar-refractivity contribution in [3.63, 3.8) is 0 Å². The number of halogens is 1. The minimum absolute atomic E-state index is 0.239. The first-order valence-corrected chi connectivity index (χ1v) is 7.05. The first-order valence-electron chi connectivity index (χ1n) is 7.05. The van der Waals surface area contributed by atoms with E-state index in [0.717, 1.165) is 32.5 Å². The van der Waals surface area contributed by atoms with Gasteiger partial charge in [0.15, 0.2) is 0 Å². The summed E-state index contributed by atoms with van der Waals surface area (Å²) in [5, 5.41) is 10.4. The lowest BCUT2D eigenvalue weighted by atomic mass is 9.75. The number of ether oxygens (including phenoxy) is 1. The summed E-state index contributed by atoms with van der Waals surface area (Å²) in [5.74, 6) is 0.850. The Labute approximate surface area is 112 Å². The van der Waals surface area contributed by atoms with Gasteiger partial charge in [0.1, 0.15) is 17.2 Å². The van der Waals surface area contributed by atoms with Gasteiger partial charge in [0, 0.05) is 37.4 Å². The van der Waals surface area contributed by atoms with Gasteiger partial charge in [-0.25, -0.2) is 4.39 Å². The Bertz CT molecular complexity index is 521. The summed E-state index contributed by atoms with van der Waals surface area (Å²) in [6, 6.07) is 4.47. The number of piperidine rings is 1. The minimum atomic E-state index is -0.605. The Kier molecular flexibility index (Phi) is 2.42. The van der Waals surface area contributed by atoms with Crippen molar-refractivity contribution in [1.29, 1.82) is 0 Å². The van der Waals surface area contributed by atoms with Crippen LogP contribution in [0.4, 0.5) is 4.39 Å². The maximum atomic E-state index is 13.3. The topological polar surface area (TPSA) is 32.7 Å². The highest BCUT2D eigenvalue weighted by Gasteiger charge is 2.51. The molecule has 4 heteroatoms. The molecule has 1 aromatic carbocycles. The zero-order valence-electron chi connectivity index (χ0n) is 10.8. The molecule has 19 heavy (non-hydrogen) atoms. The molecule has 0 radical (unpaired) electrons. The number of aliphatic hydroxyl groups excluding tert-OH is 1. The molecule has 1 spiro atoms. The quantitative estimate of drug-likeness (QED) is 0.778. The highest BCUT2D eigenvalue weighted by Crippen LogP contribution is 2.49. The maximum absolute atomic E-state index is 13.3. The molecule has 3 nitrogen and oxygen atoms in total. The van der Waals surface area contributed by atoms with E-state index < -0.39 is 6.10 Å². The number of hydrogen-bond donors (Lipinski definition) is 1. The van der Waals surface area contributed by atoms with Crippen LogP contribution in [0.3, 0.4) is 0 Å². The molecular weight excluding hydrogens is 245 g/mol. The van der Waals surface area contributed by atoms with Gasteiger partial charge >= 0.3 is 0 Å². The van der Waals surface area contributed by atoms with Crippen LogP contribution in [0.25, 0.3) is 0 Å². The molecule has 4 rings (SSSR count). The molecule has 4 atom stereocenters. The predicted octanol–water partition coefficient (Wildman–Crippen LogP) is 2.11. The van der Waals surface area contributed by atoms with E-state index >= 15 is 0 Å². The van der Waals surface area contributed by atoms with E-state index in [1.165, 1.54) is 12.1 Å². The van der Waals surface area contributed by atoms with E-state index in [2.05, 4.69) is 4.90 Å². The number of benzene rings is 1. The van der Waals surface area contributed by atoms with Crippen molar-refractivity contribution in [2.75, 3.05) is 19.6 Å². The largest absolute Gasteiger partial charge is 0.486 e. The fraction of sp³-hybridized carbons (Fsp3) is 0.600. The van der Waals surface area contributed by atoms with Gasteiger partial charge in [0.25, 0.3) is 0 Å². The third kappa shape index (κ3) is 1.70. The lowest BCUT2D eigenvalue weighted by Gasteiger charge is -2.47. The number of rotatable bonds is 0. The van der Waals surface area contributed by atoms with Crippen molar-refractivity contribution < 1.29 is 14.2 Å². The summed E-state index contributed by atoms with van der Waals surface area (Å²) in [6.07, 6.45) is 2.10. The molecular formula is C15H18FNO2. The summed E-state index contributed by atoms with van der Waals surface area (Å²) >= 11 is 0. The van der Waals surface area contributed by atoms with Gasteiger partial charge < -0.3 is 14.7 Å². The van der Waals surface area contributed by atoms with E-state index in [9.17, 15) is 9.50 Å². The zero-order chi connectivity index (χ0) is 13.0. The van der Waals surface area contributed by atoms with Crippen LogP contribution in [0.5, 0.6) is 5.75 Å². The Morgan fingerprint density at radius 2 is 2.26 bits per heavy atom. The number of hydrogen-bond acceptors (Lipinski definition) is 3. The second kappa shape index (κ2) is 3.93. The van der Waals surface area contributed by atoms with Gasteiger partial charge in [-0.1, -0.05) is 0 Å². The maximum Gasteiger partial charge on any atom is 0.126 e. The number of fused-ring (bicyclic) bond motifs is 4. The third-order valence-corrected chi connectivity index (χ3v) is 5.05. The van der Waals surface area contributed by atoms with E-state index in [1.807, 2.05) is 0 Å². The van der Waals surface area contributed by atoms with Gasteiger partial charge in [-0.15, -0.1) is 0 Å². The first-order chi connectivity index (χ1) is 9.16. The molecule has 0 aromatic heterocycles. The van der Waals surface area contributed by atoms with Gasteiger partial charge in [-0.05, 0) is 31.2 Å². The van der Waals surface area contributed by atoms with Crippen LogP contribution in [0.15, 0.2) is 18.2 Å². The Hall–Kier alpha value is -1.13. The Morgan fingerprint density at radius 1 is 1.37 bits per heavy atom. The molecule has 1 aromatic rings. The molecule has 3 aliphatic heterocycles. The fourth-order valence-electron chi connectivity index (χ4n) is 3.99. The van der Waals surface area contributed by atoms with Crippen molar-refractivity contribution >= 4 is 0 Å². The zero-order valence-corrected chi connectivity index (χ0v) is 10.8. The standard InChI is InChI=1S/C15H18FNO2/c16-11-1-2-14-12(7-11)13(18)8-15(19-14)4-6-17-5-3-10(15)9-17/h1-2,7,10,13,18H,3-6,8-9H2. The molecule has 102 valence electrons. The lowest BCUT2D eigenvalue weighted by Crippen LogP contribution is -2.53. The number of nitrogens with zero attached hydrogens (tertiary/aromatic N) is 1. The molecule has 2 fully saturated rings. The minimum Gasteiger partial charge on any atom is -0.486 e. The third-order valence-electron chi connectivity index (χ3n) is 5.05. The van der Waals surface area contributed by atoms with Crippen molar-refractivity contribution in [2.45, 2.75) is 31.0 Å². The predicted molar refractivity (Wildman–Crippen MR) is 68.5 cm³/mol. The molecule has 1 N–H and O–H groups in total. The van der Waals surface area contributed by atoms with E-state index in [0.29, 0.717) is 23.7 Å². The molecule has 0 amide bonds. The summed E-state index contributed by atoms with van der Waals surface area (Å²) in [7, 11) is 0. The Morgan fingerprint density at radius 3 is 3.16 bits per heavy atom. The highest BCUT2D eigenvalue weighted by atomic mass is 19.1. The lowest BCUT2D eigenvalue weighted by molar-refractivity contribution is -0.0737. The Balaban J connectivity index is 1.72. The molecule has 2 bridgehead atoms. The van der Waals surface area contributed by atoms with Gasteiger partial charge in [-0.3, -0.25) is 0 Å². The van der Waals surface area contributed by atoms with E-state index in [4.69, 9.17) is 4.74 Å². The average molecular weight is 263 g/mol. The molecule has 0 aliphatic carbocycles. The smallest absolute Gasteiger partial charge is 0.126 e. The summed E-state index contributed by atoms with van der Waals surface area (Å²) in [5.41, 5.74) is 0.364. The molecule has 0 saturated carbocycles.